The van der Waals surface area contributed by atoms with E-state index in [0.717, 1.165) is 16.8 Å². The number of azo groups is 1. The summed E-state index contributed by atoms with van der Waals surface area (Å²) in [5.41, 5.74) is 0.620. The number of anilines is 1. The van der Waals surface area contributed by atoms with Gasteiger partial charge in [-0.05, 0) is 42.3 Å². The Morgan fingerprint density at radius 2 is 1.66 bits per heavy atom. The van der Waals surface area contributed by atoms with Crippen LogP contribution in [0.1, 0.15) is 18.9 Å². The van der Waals surface area contributed by atoms with Crippen molar-refractivity contribution in [2.24, 2.45) is 10.2 Å². The normalized spacial score (nSPS) is 10.8. The number of halogens is 1. The zero-order valence-corrected chi connectivity index (χ0v) is 20.4. The van der Waals surface area contributed by atoms with Crippen LogP contribution >= 0.6 is 0 Å². The molecule has 0 aliphatic heterocycles. The van der Waals surface area contributed by atoms with Gasteiger partial charge in [0.05, 0.1) is 28.0 Å². The van der Waals surface area contributed by atoms with Crippen LogP contribution in [0, 0.1) is 26.0 Å². The molecule has 0 aliphatic carbocycles. The van der Waals surface area contributed by atoms with E-state index in [4.69, 9.17) is 4.74 Å². The number of benzene rings is 3. The van der Waals surface area contributed by atoms with E-state index in [1.165, 1.54) is 0 Å². The van der Waals surface area contributed by atoms with Crippen molar-refractivity contribution in [3.8, 4) is 0 Å². The Labute approximate surface area is 217 Å². The molecule has 0 radical (unpaired) electrons. The minimum Gasteiger partial charge on any atom is -0.461 e. The van der Waals surface area contributed by atoms with Gasteiger partial charge >= 0.3 is 17.3 Å². The van der Waals surface area contributed by atoms with Crippen LogP contribution in [0.5, 0.6) is 0 Å². The van der Waals surface area contributed by atoms with E-state index in [2.05, 4.69) is 16.8 Å². The zero-order valence-electron chi connectivity index (χ0n) is 20.4. The molecule has 0 fully saturated rings. The van der Waals surface area contributed by atoms with Gasteiger partial charge in [-0.25, -0.2) is 0 Å². The molecule has 38 heavy (non-hydrogen) atoms. The molecule has 0 saturated heterocycles. The van der Waals surface area contributed by atoms with Crippen LogP contribution in [0.15, 0.2) is 89.1 Å². The SMILES string of the molecule is C=C(C)COC(=O)CCN(Cc1ccccc1)c1ccc(N=Nc2cc(F)c([N+](=O)[O-])cc2[N+](=O)[O-])cc1. The minimum absolute atomic E-state index is 0.150. The summed E-state index contributed by atoms with van der Waals surface area (Å²) in [5.74, 6) is -1.61. The molecule has 196 valence electrons. The molecule has 0 saturated carbocycles. The average Bonchev–Trinajstić information content (AvgIpc) is 2.89. The number of esters is 1. The van der Waals surface area contributed by atoms with E-state index < -0.39 is 32.7 Å². The van der Waals surface area contributed by atoms with Crippen molar-refractivity contribution >= 4 is 34.4 Å². The molecular formula is C26H24FN5O6. The number of hydrogen-bond donors (Lipinski definition) is 0. The molecule has 0 unspecified atom stereocenters. The number of rotatable bonds is 12. The molecule has 11 nitrogen and oxygen atoms in total. The molecule has 0 N–H and O–H groups in total. The molecule has 3 aromatic carbocycles. The fourth-order valence-corrected chi connectivity index (χ4v) is 3.35. The first kappa shape index (κ1) is 27.6. The lowest BCUT2D eigenvalue weighted by atomic mass is 10.2. The largest absolute Gasteiger partial charge is 0.461 e. The molecule has 12 heteroatoms. The van der Waals surface area contributed by atoms with E-state index in [0.29, 0.717) is 30.9 Å². The van der Waals surface area contributed by atoms with Crippen molar-refractivity contribution in [2.75, 3.05) is 18.1 Å². The third-order valence-corrected chi connectivity index (χ3v) is 5.21. The fraction of sp³-hybridized carbons (Fsp3) is 0.192. The standard InChI is InChI=1S/C26H24FN5O6/c1-18(2)17-38-26(33)12-13-30(16-19-6-4-3-5-7-19)21-10-8-20(9-11-21)28-29-23-14-22(27)24(31(34)35)15-25(23)32(36)37/h3-11,14-15H,1,12-13,16-17H2,2H3. The predicted octanol–water partition coefficient (Wildman–Crippen LogP) is 6.57. The Kier molecular flexibility index (Phi) is 9.30. The second kappa shape index (κ2) is 12.8. The molecule has 0 spiro atoms. The van der Waals surface area contributed by atoms with Gasteiger partial charge in [0, 0.05) is 24.8 Å². The predicted molar refractivity (Wildman–Crippen MR) is 138 cm³/mol. The van der Waals surface area contributed by atoms with Crippen molar-refractivity contribution in [3.05, 3.63) is 110 Å². The van der Waals surface area contributed by atoms with Crippen LogP contribution in [-0.2, 0) is 16.1 Å². The molecule has 0 atom stereocenters. The fourth-order valence-electron chi connectivity index (χ4n) is 3.35. The van der Waals surface area contributed by atoms with E-state index >= 15 is 0 Å². The van der Waals surface area contributed by atoms with Crippen LogP contribution < -0.4 is 4.90 Å². The first-order valence-corrected chi connectivity index (χ1v) is 11.4. The van der Waals surface area contributed by atoms with Crippen LogP contribution in [0.2, 0.25) is 0 Å². The van der Waals surface area contributed by atoms with Crippen molar-refractivity contribution in [2.45, 2.75) is 19.9 Å². The van der Waals surface area contributed by atoms with Gasteiger partial charge in [0.2, 0.25) is 5.82 Å². The minimum atomic E-state index is -1.26. The lowest BCUT2D eigenvalue weighted by molar-refractivity contribution is -0.395. The van der Waals surface area contributed by atoms with Crippen molar-refractivity contribution in [3.63, 3.8) is 0 Å². The van der Waals surface area contributed by atoms with Gasteiger partial charge in [-0.15, -0.1) is 5.11 Å². The Bertz CT molecular complexity index is 1360. The number of ether oxygens (including phenoxy) is 1. The van der Waals surface area contributed by atoms with Crippen LogP contribution in [-0.4, -0.2) is 29.0 Å². The molecule has 3 aromatic rings. The summed E-state index contributed by atoms with van der Waals surface area (Å²) in [6, 6.07) is 17.4. The monoisotopic (exact) mass is 521 g/mol. The lowest BCUT2D eigenvalue weighted by Gasteiger charge is -2.25. The lowest BCUT2D eigenvalue weighted by Crippen LogP contribution is -2.26. The first-order valence-electron chi connectivity index (χ1n) is 11.4. The molecular weight excluding hydrogens is 497 g/mol. The maximum atomic E-state index is 14.0. The Hall–Kier alpha value is -5.00. The topological polar surface area (TPSA) is 141 Å². The summed E-state index contributed by atoms with van der Waals surface area (Å²) in [7, 11) is 0. The summed E-state index contributed by atoms with van der Waals surface area (Å²) >= 11 is 0. The number of nitrogens with zero attached hydrogens (tertiary/aromatic N) is 5. The van der Waals surface area contributed by atoms with Gasteiger partial charge in [-0.1, -0.05) is 36.9 Å². The van der Waals surface area contributed by atoms with Gasteiger partial charge < -0.3 is 9.64 Å². The number of carbonyl (C=O) groups is 1. The molecule has 0 bridgehead atoms. The first-order chi connectivity index (χ1) is 18.1. The summed E-state index contributed by atoms with van der Waals surface area (Å²) < 4.78 is 19.2. The number of carbonyl (C=O) groups excluding carboxylic acids is 1. The van der Waals surface area contributed by atoms with Gasteiger partial charge in [-0.2, -0.15) is 9.50 Å². The highest BCUT2D eigenvalue weighted by Crippen LogP contribution is 2.35. The third kappa shape index (κ3) is 7.75. The molecule has 0 aromatic heterocycles. The maximum absolute atomic E-state index is 14.0. The van der Waals surface area contributed by atoms with Crippen molar-refractivity contribution in [1.82, 2.24) is 0 Å². The number of nitro benzene ring substituents is 2. The Morgan fingerprint density at radius 3 is 2.26 bits per heavy atom. The van der Waals surface area contributed by atoms with Crippen molar-refractivity contribution in [1.29, 1.82) is 0 Å². The summed E-state index contributed by atoms with van der Waals surface area (Å²) in [5, 5.41) is 29.8. The maximum Gasteiger partial charge on any atom is 0.311 e. The van der Waals surface area contributed by atoms with E-state index in [1.54, 1.807) is 31.2 Å². The molecule has 0 amide bonds. The Morgan fingerprint density at radius 1 is 1.00 bits per heavy atom. The van der Waals surface area contributed by atoms with Crippen LogP contribution in [0.3, 0.4) is 0 Å². The second-order valence-corrected chi connectivity index (χ2v) is 8.30. The second-order valence-electron chi connectivity index (χ2n) is 8.30. The van der Waals surface area contributed by atoms with Crippen molar-refractivity contribution < 1.29 is 23.8 Å². The Balaban J connectivity index is 1.80. The van der Waals surface area contributed by atoms with Gasteiger partial charge in [0.15, 0.2) is 5.69 Å². The highest BCUT2D eigenvalue weighted by molar-refractivity contribution is 5.70. The quantitative estimate of drug-likeness (QED) is 0.0862. The number of nitro groups is 2. The summed E-state index contributed by atoms with van der Waals surface area (Å²) in [4.78, 5) is 34.3. The van der Waals surface area contributed by atoms with E-state index in [9.17, 15) is 29.4 Å². The molecule has 0 heterocycles. The summed E-state index contributed by atoms with van der Waals surface area (Å²) in [6.07, 6.45) is 0.150. The highest BCUT2D eigenvalue weighted by atomic mass is 19.1. The smallest absolute Gasteiger partial charge is 0.311 e. The molecule has 0 aliphatic rings. The number of hydrogen-bond acceptors (Lipinski definition) is 9. The zero-order chi connectivity index (χ0) is 27.7. The van der Waals surface area contributed by atoms with E-state index in [-0.39, 0.29) is 19.0 Å². The average molecular weight is 522 g/mol. The highest BCUT2D eigenvalue weighted by Gasteiger charge is 2.25. The third-order valence-electron chi connectivity index (χ3n) is 5.21. The van der Waals surface area contributed by atoms with Gasteiger partial charge in [0.1, 0.15) is 6.61 Å². The molecule has 3 rings (SSSR count). The summed E-state index contributed by atoms with van der Waals surface area (Å²) in [6.45, 7) is 6.53. The van der Waals surface area contributed by atoms with Crippen LogP contribution in [0.4, 0.5) is 32.8 Å². The van der Waals surface area contributed by atoms with Crippen LogP contribution in [0.25, 0.3) is 0 Å². The van der Waals surface area contributed by atoms with Gasteiger partial charge in [-0.3, -0.25) is 25.0 Å². The van der Waals surface area contributed by atoms with Gasteiger partial charge in [0.25, 0.3) is 0 Å². The van der Waals surface area contributed by atoms with E-state index in [1.807, 2.05) is 35.2 Å².